The fourth-order valence-electron chi connectivity index (χ4n) is 2.77. The quantitative estimate of drug-likeness (QED) is 0.730. The highest BCUT2D eigenvalue weighted by atomic mass is 16.3. The molecular formula is C13H22N2O3. The summed E-state index contributed by atoms with van der Waals surface area (Å²) in [6, 6.07) is 0. The molecule has 0 spiro atoms. The van der Waals surface area contributed by atoms with E-state index in [4.69, 9.17) is 0 Å². The van der Waals surface area contributed by atoms with Crippen LogP contribution in [0.25, 0.3) is 0 Å². The first kappa shape index (κ1) is 13.5. The second-order valence-electron chi connectivity index (χ2n) is 5.36. The van der Waals surface area contributed by atoms with Crippen molar-refractivity contribution in [2.75, 3.05) is 26.2 Å². The van der Waals surface area contributed by atoms with Gasteiger partial charge in [0.05, 0.1) is 6.10 Å². The average molecular weight is 254 g/mol. The number of amides is 2. The summed E-state index contributed by atoms with van der Waals surface area (Å²) in [7, 11) is 0. The van der Waals surface area contributed by atoms with E-state index < -0.39 is 0 Å². The van der Waals surface area contributed by atoms with Crippen LogP contribution >= 0.6 is 0 Å². The average Bonchev–Trinajstić information content (AvgIpc) is 2.67. The minimum Gasteiger partial charge on any atom is -0.393 e. The molecule has 0 aromatic heterocycles. The van der Waals surface area contributed by atoms with Gasteiger partial charge >= 0.3 is 0 Å². The lowest BCUT2D eigenvalue weighted by Gasteiger charge is -2.33. The molecule has 2 rings (SSSR count). The summed E-state index contributed by atoms with van der Waals surface area (Å²) in [6.07, 6.45) is 2.53. The van der Waals surface area contributed by atoms with Gasteiger partial charge in [0, 0.05) is 25.9 Å². The van der Waals surface area contributed by atoms with Crippen LogP contribution in [0.15, 0.2) is 0 Å². The van der Waals surface area contributed by atoms with E-state index in [0.717, 1.165) is 32.5 Å². The van der Waals surface area contributed by atoms with E-state index in [1.807, 2.05) is 6.92 Å². The summed E-state index contributed by atoms with van der Waals surface area (Å²) >= 11 is 0. The number of piperidine rings is 1. The standard InChI is InChI=1S/C13H22N2O3/c1-10(16)11-4-6-14(7-5-11)8-9-15-12(17)2-3-13(15)18/h10-11,16H,2-9H2,1H3. The molecule has 2 heterocycles. The Morgan fingerprint density at radius 1 is 1.17 bits per heavy atom. The van der Waals surface area contributed by atoms with Gasteiger partial charge < -0.3 is 10.0 Å². The van der Waals surface area contributed by atoms with Gasteiger partial charge in [0.15, 0.2) is 0 Å². The van der Waals surface area contributed by atoms with Crippen molar-refractivity contribution in [3.8, 4) is 0 Å². The van der Waals surface area contributed by atoms with Gasteiger partial charge in [-0.15, -0.1) is 0 Å². The van der Waals surface area contributed by atoms with Crippen LogP contribution in [0.4, 0.5) is 0 Å². The van der Waals surface area contributed by atoms with E-state index in [1.165, 1.54) is 4.90 Å². The molecule has 1 atom stereocenters. The van der Waals surface area contributed by atoms with Gasteiger partial charge in [-0.1, -0.05) is 0 Å². The molecule has 0 radical (unpaired) electrons. The second kappa shape index (κ2) is 5.80. The van der Waals surface area contributed by atoms with Crippen LogP contribution in [0.1, 0.15) is 32.6 Å². The molecule has 0 saturated carbocycles. The molecule has 5 heteroatoms. The van der Waals surface area contributed by atoms with Crippen molar-refractivity contribution in [3.63, 3.8) is 0 Å². The van der Waals surface area contributed by atoms with Crippen LogP contribution in [-0.2, 0) is 9.59 Å². The van der Waals surface area contributed by atoms with Crippen LogP contribution in [0.2, 0.25) is 0 Å². The lowest BCUT2D eigenvalue weighted by molar-refractivity contribution is -0.138. The molecule has 2 amide bonds. The second-order valence-corrected chi connectivity index (χ2v) is 5.36. The maximum atomic E-state index is 11.5. The number of aliphatic hydroxyl groups excluding tert-OH is 1. The Labute approximate surface area is 108 Å². The molecular weight excluding hydrogens is 232 g/mol. The van der Waals surface area contributed by atoms with Crippen molar-refractivity contribution in [3.05, 3.63) is 0 Å². The number of hydrogen-bond acceptors (Lipinski definition) is 4. The molecule has 5 nitrogen and oxygen atoms in total. The van der Waals surface area contributed by atoms with E-state index >= 15 is 0 Å². The zero-order chi connectivity index (χ0) is 13.1. The van der Waals surface area contributed by atoms with Gasteiger partial charge in [-0.3, -0.25) is 14.5 Å². The normalized spacial score (nSPS) is 24.9. The maximum Gasteiger partial charge on any atom is 0.229 e. The Morgan fingerprint density at radius 3 is 2.22 bits per heavy atom. The molecule has 18 heavy (non-hydrogen) atoms. The van der Waals surface area contributed by atoms with Gasteiger partial charge in [0.1, 0.15) is 0 Å². The third kappa shape index (κ3) is 3.09. The van der Waals surface area contributed by atoms with Crippen LogP contribution in [0.5, 0.6) is 0 Å². The predicted octanol–water partition coefficient (Wildman–Crippen LogP) is 0.228. The smallest absolute Gasteiger partial charge is 0.229 e. The zero-order valence-electron chi connectivity index (χ0n) is 11.0. The van der Waals surface area contributed by atoms with Crippen molar-refractivity contribution in [1.29, 1.82) is 0 Å². The molecule has 0 aromatic rings. The van der Waals surface area contributed by atoms with Crippen LogP contribution in [0.3, 0.4) is 0 Å². The van der Waals surface area contributed by atoms with Crippen molar-refractivity contribution in [1.82, 2.24) is 9.80 Å². The van der Waals surface area contributed by atoms with Gasteiger partial charge in [-0.2, -0.15) is 0 Å². The summed E-state index contributed by atoms with van der Waals surface area (Å²) in [6.45, 7) is 5.04. The van der Waals surface area contributed by atoms with Crippen molar-refractivity contribution in [2.24, 2.45) is 5.92 Å². The number of nitrogens with zero attached hydrogens (tertiary/aromatic N) is 2. The van der Waals surface area contributed by atoms with Crippen molar-refractivity contribution < 1.29 is 14.7 Å². The fourth-order valence-corrected chi connectivity index (χ4v) is 2.77. The van der Waals surface area contributed by atoms with Crippen LogP contribution in [0, 0.1) is 5.92 Å². The van der Waals surface area contributed by atoms with Gasteiger partial charge in [-0.05, 0) is 38.8 Å². The molecule has 2 aliphatic rings. The number of carbonyl (C=O) groups is 2. The number of rotatable bonds is 4. The molecule has 0 aliphatic carbocycles. The van der Waals surface area contributed by atoms with E-state index in [-0.39, 0.29) is 17.9 Å². The zero-order valence-corrected chi connectivity index (χ0v) is 11.0. The number of imide groups is 1. The fraction of sp³-hybridized carbons (Fsp3) is 0.846. The Kier molecular flexibility index (Phi) is 4.35. The van der Waals surface area contributed by atoms with Crippen LogP contribution < -0.4 is 0 Å². The molecule has 2 aliphatic heterocycles. The first-order chi connectivity index (χ1) is 8.58. The first-order valence-electron chi connectivity index (χ1n) is 6.81. The lowest BCUT2D eigenvalue weighted by Crippen LogP contribution is -2.42. The molecule has 2 fully saturated rings. The molecule has 102 valence electrons. The first-order valence-corrected chi connectivity index (χ1v) is 6.81. The minimum atomic E-state index is -0.228. The van der Waals surface area contributed by atoms with E-state index in [1.54, 1.807) is 0 Å². The molecule has 0 bridgehead atoms. The highest BCUT2D eigenvalue weighted by Crippen LogP contribution is 2.20. The third-order valence-electron chi connectivity index (χ3n) is 4.11. The number of carbonyl (C=O) groups excluding carboxylic acids is 2. The largest absolute Gasteiger partial charge is 0.393 e. The summed E-state index contributed by atoms with van der Waals surface area (Å²) in [5.41, 5.74) is 0. The Balaban J connectivity index is 1.72. The Morgan fingerprint density at radius 2 is 1.72 bits per heavy atom. The van der Waals surface area contributed by atoms with E-state index in [9.17, 15) is 14.7 Å². The Bertz CT molecular complexity index is 306. The van der Waals surface area contributed by atoms with Crippen molar-refractivity contribution >= 4 is 11.8 Å². The third-order valence-corrected chi connectivity index (χ3v) is 4.11. The number of hydrogen-bond donors (Lipinski definition) is 1. The van der Waals surface area contributed by atoms with E-state index in [2.05, 4.69) is 4.90 Å². The van der Waals surface area contributed by atoms with Gasteiger partial charge in [0.25, 0.3) is 0 Å². The summed E-state index contributed by atoms with van der Waals surface area (Å²) in [4.78, 5) is 26.6. The molecule has 2 saturated heterocycles. The van der Waals surface area contributed by atoms with E-state index in [0.29, 0.717) is 25.3 Å². The summed E-state index contributed by atoms with van der Waals surface area (Å²) < 4.78 is 0. The SMILES string of the molecule is CC(O)C1CCN(CCN2C(=O)CCC2=O)CC1. The predicted molar refractivity (Wildman–Crippen MR) is 66.8 cm³/mol. The maximum absolute atomic E-state index is 11.5. The summed E-state index contributed by atoms with van der Waals surface area (Å²) in [5, 5.41) is 9.52. The Hall–Kier alpha value is -0.940. The molecule has 1 unspecified atom stereocenters. The highest BCUT2D eigenvalue weighted by Gasteiger charge is 2.29. The highest BCUT2D eigenvalue weighted by molar-refractivity contribution is 6.01. The molecule has 1 N–H and O–H groups in total. The van der Waals surface area contributed by atoms with Crippen LogP contribution in [-0.4, -0.2) is 59.0 Å². The van der Waals surface area contributed by atoms with Gasteiger partial charge in [0.2, 0.25) is 11.8 Å². The van der Waals surface area contributed by atoms with Gasteiger partial charge in [-0.25, -0.2) is 0 Å². The monoisotopic (exact) mass is 254 g/mol. The molecule has 0 aromatic carbocycles. The number of aliphatic hydroxyl groups is 1. The lowest BCUT2D eigenvalue weighted by atomic mass is 9.92. The topological polar surface area (TPSA) is 60.9 Å². The number of likely N-dealkylation sites (tertiary alicyclic amines) is 2. The minimum absolute atomic E-state index is 0.0288. The summed E-state index contributed by atoms with van der Waals surface area (Å²) in [5.74, 6) is 0.342. The van der Waals surface area contributed by atoms with Crippen molar-refractivity contribution in [2.45, 2.75) is 38.7 Å².